The van der Waals surface area contributed by atoms with E-state index in [0.717, 1.165) is 16.6 Å². The molecule has 1 heterocycles. The minimum Gasteiger partial charge on any atom is -0.456 e. The van der Waals surface area contributed by atoms with Gasteiger partial charge in [0.05, 0.1) is 0 Å². The molecule has 0 saturated heterocycles. The predicted octanol–water partition coefficient (Wildman–Crippen LogP) is 15.7. The van der Waals surface area contributed by atoms with Crippen LogP contribution in [0.2, 0.25) is 0 Å². The average molecular weight is 709 g/mol. The zero-order valence-electron chi connectivity index (χ0n) is 33.0. The second-order valence-corrected chi connectivity index (χ2v) is 15.8. The molecule has 1 aromatic heterocycles. The second kappa shape index (κ2) is 12.2. The van der Waals surface area contributed by atoms with Gasteiger partial charge in [-0.2, -0.15) is 0 Å². The molecule has 0 atom stereocenters. The molecule has 0 amide bonds. The Balaban J connectivity index is 1.36. The number of fused-ring (bicyclic) bond motifs is 8. The topological polar surface area (TPSA) is 13.1 Å². The zero-order chi connectivity index (χ0) is 37.9. The molecule has 9 aromatic carbocycles. The van der Waals surface area contributed by atoms with E-state index in [4.69, 9.17) is 4.42 Å². The van der Waals surface area contributed by atoms with Crippen molar-refractivity contribution in [2.45, 2.75) is 55.4 Å². The minimum absolute atomic E-state index is 0.926. The van der Waals surface area contributed by atoms with Crippen molar-refractivity contribution >= 4 is 65.0 Å². The van der Waals surface area contributed by atoms with E-state index in [2.05, 4.69) is 177 Å². The van der Waals surface area contributed by atoms with Gasteiger partial charge in [-0.25, -0.2) is 0 Å². The summed E-state index contributed by atoms with van der Waals surface area (Å²) in [6, 6.07) is 44.5. The van der Waals surface area contributed by atoms with Crippen molar-refractivity contribution in [3.05, 3.63) is 166 Å². The van der Waals surface area contributed by atoms with Crippen LogP contribution in [0.15, 0.2) is 126 Å². The molecule has 10 rings (SSSR count). The summed E-state index contributed by atoms with van der Waals surface area (Å²) in [5, 5.41) is 12.8. The van der Waals surface area contributed by atoms with E-state index < -0.39 is 0 Å². The molecule has 0 fully saturated rings. The fourth-order valence-corrected chi connectivity index (χ4v) is 9.70. The summed E-state index contributed by atoms with van der Waals surface area (Å²) in [6.45, 7) is 18.6. The van der Waals surface area contributed by atoms with Crippen LogP contribution in [-0.2, 0) is 0 Å². The lowest BCUT2D eigenvalue weighted by atomic mass is 9.76. The molecule has 0 bridgehead atoms. The Morgan fingerprint density at radius 3 is 1.40 bits per heavy atom. The monoisotopic (exact) mass is 708 g/mol. The summed E-state index contributed by atoms with van der Waals surface area (Å²) in [6.07, 6.45) is 0. The van der Waals surface area contributed by atoms with Gasteiger partial charge in [0.15, 0.2) is 0 Å². The first-order valence-electron chi connectivity index (χ1n) is 19.5. The van der Waals surface area contributed by atoms with Crippen LogP contribution < -0.4 is 0 Å². The Morgan fingerprint density at radius 2 is 0.800 bits per heavy atom. The second-order valence-electron chi connectivity index (χ2n) is 15.8. The summed E-state index contributed by atoms with van der Waals surface area (Å²) in [4.78, 5) is 0. The van der Waals surface area contributed by atoms with Crippen LogP contribution in [0.25, 0.3) is 98.4 Å². The third-order valence-corrected chi connectivity index (χ3v) is 13.3. The molecule has 0 N–H and O–H groups in total. The lowest BCUT2D eigenvalue weighted by Crippen LogP contribution is -2.03. The van der Waals surface area contributed by atoms with Gasteiger partial charge in [0.1, 0.15) is 11.2 Å². The summed E-state index contributed by atoms with van der Waals surface area (Å²) in [7, 11) is 0. The molecule has 0 spiro atoms. The van der Waals surface area contributed by atoms with E-state index in [0.29, 0.717) is 0 Å². The Hall–Kier alpha value is -6.18. The highest BCUT2D eigenvalue weighted by atomic mass is 16.3. The highest BCUT2D eigenvalue weighted by Crippen LogP contribution is 2.52. The predicted molar refractivity (Wildman–Crippen MR) is 238 cm³/mol. The standard InChI is InChI=1S/C54H44O/c1-29-31(3)35(7)50-48(33(29)5)52(41-24-26-43-40(28-41)22-21-39-27-38(23-25-42(39)43)37-15-10-9-11-16-37)49-34(6)30(2)32(4)36(8)51(49)54(50)45-18-14-20-47-53(45)44-17-12-13-19-46(44)55-47/h9-28H,1-8H3. The molecule has 0 aliphatic heterocycles. The maximum absolute atomic E-state index is 6.53. The van der Waals surface area contributed by atoms with Crippen LogP contribution in [0.5, 0.6) is 0 Å². The first-order valence-corrected chi connectivity index (χ1v) is 19.5. The number of furan rings is 1. The molecular weight excluding hydrogens is 665 g/mol. The first-order chi connectivity index (χ1) is 26.6. The number of rotatable bonds is 3. The SMILES string of the molecule is Cc1c(C)c(C)c2c(-c3cccc4oc5ccccc5c34)c3c(C)c(C)c(C)c(C)c3c(-c3ccc4c(ccc5cc(-c6ccccc6)ccc54)c3)c2c1C. The van der Waals surface area contributed by atoms with Crippen LogP contribution in [0.3, 0.4) is 0 Å². The number of para-hydroxylation sites is 1. The van der Waals surface area contributed by atoms with E-state index in [9.17, 15) is 0 Å². The highest BCUT2D eigenvalue weighted by molar-refractivity contribution is 6.29. The van der Waals surface area contributed by atoms with Crippen molar-refractivity contribution in [2.75, 3.05) is 0 Å². The average Bonchev–Trinajstić information content (AvgIpc) is 3.61. The van der Waals surface area contributed by atoms with Crippen molar-refractivity contribution in [1.82, 2.24) is 0 Å². The third-order valence-electron chi connectivity index (χ3n) is 13.3. The van der Waals surface area contributed by atoms with Gasteiger partial charge in [-0.1, -0.05) is 97.1 Å². The van der Waals surface area contributed by atoms with E-state index >= 15 is 0 Å². The van der Waals surface area contributed by atoms with E-state index in [1.807, 2.05) is 0 Å². The maximum Gasteiger partial charge on any atom is 0.136 e. The number of benzene rings is 9. The third kappa shape index (κ3) is 4.72. The van der Waals surface area contributed by atoms with E-state index in [1.54, 1.807) is 0 Å². The molecule has 0 aliphatic rings. The summed E-state index contributed by atoms with van der Waals surface area (Å²) >= 11 is 0. The van der Waals surface area contributed by atoms with Gasteiger partial charge in [0.25, 0.3) is 0 Å². The van der Waals surface area contributed by atoms with Gasteiger partial charge < -0.3 is 4.42 Å². The molecule has 1 heteroatoms. The summed E-state index contributed by atoms with van der Waals surface area (Å²) < 4.78 is 6.53. The van der Waals surface area contributed by atoms with Gasteiger partial charge >= 0.3 is 0 Å². The van der Waals surface area contributed by atoms with Crippen molar-refractivity contribution in [3.8, 4) is 33.4 Å². The van der Waals surface area contributed by atoms with Crippen molar-refractivity contribution in [1.29, 1.82) is 0 Å². The quantitative estimate of drug-likeness (QED) is 0.132. The molecular formula is C54H44O. The van der Waals surface area contributed by atoms with Crippen molar-refractivity contribution < 1.29 is 4.42 Å². The largest absolute Gasteiger partial charge is 0.456 e. The lowest BCUT2D eigenvalue weighted by Gasteiger charge is -2.27. The molecule has 10 aromatic rings. The molecule has 1 nitrogen and oxygen atoms in total. The molecule has 0 aliphatic carbocycles. The summed E-state index contributed by atoms with van der Waals surface area (Å²) in [5.41, 5.74) is 20.3. The molecule has 266 valence electrons. The van der Waals surface area contributed by atoms with Gasteiger partial charge in [-0.15, -0.1) is 0 Å². The Bertz CT molecular complexity index is 3180. The molecule has 0 saturated carbocycles. The van der Waals surface area contributed by atoms with Gasteiger partial charge in [0.2, 0.25) is 0 Å². The maximum atomic E-state index is 6.53. The molecule has 0 radical (unpaired) electrons. The molecule has 0 unspecified atom stereocenters. The number of hydrogen-bond donors (Lipinski definition) is 0. The smallest absolute Gasteiger partial charge is 0.136 e. The van der Waals surface area contributed by atoms with E-state index in [1.165, 1.54) is 126 Å². The summed E-state index contributed by atoms with van der Waals surface area (Å²) in [5.74, 6) is 0. The van der Waals surface area contributed by atoms with E-state index in [-0.39, 0.29) is 0 Å². The van der Waals surface area contributed by atoms with Gasteiger partial charge in [-0.05, 0) is 201 Å². The zero-order valence-corrected chi connectivity index (χ0v) is 33.0. The fraction of sp³-hybridized carbons (Fsp3) is 0.148. The van der Waals surface area contributed by atoms with Gasteiger partial charge in [-0.3, -0.25) is 0 Å². The van der Waals surface area contributed by atoms with Crippen molar-refractivity contribution in [2.24, 2.45) is 0 Å². The molecule has 55 heavy (non-hydrogen) atoms. The highest BCUT2D eigenvalue weighted by Gasteiger charge is 2.27. The Morgan fingerprint density at radius 1 is 0.309 bits per heavy atom. The van der Waals surface area contributed by atoms with Crippen LogP contribution in [0.4, 0.5) is 0 Å². The number of hydrogen-bond acceptors (Lipinski definition) is 1. The van der Waals surface area contributed by atoms with Crippen LogP contribution in [0, 0.1) is 55.4 Å². The van der Waals surface area contributed by atoms with Gasteiger partial charge in [0, 0.05) is 10.8 Å². The lowest BCUT2D eigenvalue weighted by molar-refractivity contribution is 0.669. The first kappa shape index (κ1) is 33.4. The number of aryl methyl sites for hydroxylation is 4. The van der Waals surface area contributed by atoms with Crippen LogP contribution >= 0.6 is 0 Å². The normalized spacial score (nSPS) is 12.0. The minimum atomic E-state index is 0.926. The Labute approximate surface area is 322 Å². The van der Waals surface area contributed by atoms with Crippen LogP contribution in [0.1, 0.15) is 44.5 Å². The van der Waals surface area contributed by atoms with Crippen molar-refractivity contribution in [3.63, 3.8) is 0 Å². The van der Waals surface area contributed by atoms with Crippen LogP contribution in [-0.4, -0.2) is 0 Å². The fourth-order valence-electron chi connectivity index (χ4n) is 9.70. The Kier molecular flexibility index (Phi) is 7.39.